The zero-order valence-corrected chi connectivity index (χ0v) is 6.82. The molecule has 0 aliphatic carbocycles. The highest BCUT2D eigenvalue weighted by Crippen LogP contribution is 1.96. The number of nitrogens with one attached hydrogen (secondary N) is 1. The van der Waals surface area contributed by atoms with Gasteiger partial charge in [-0.3, -0.25) is 4.79 Å². The van der Waals surface area contributed by atoms with Crippen LogP contribution in [-0.2, 0) is 0 Å². The van der Waals surface area contributed by atoms with Crippen molar-refractivity contribution in [3.8, 4) is 0 Å². The third kappa shape index (κ3) is 1.82. The molecule has 0 fully saturated rings. The van der Waals surface area contributed by atoms with Crippen molar-refractivity contribution in [3.63, 3.8) is 0 Å². The van der Waals surface area contributed by atoms with Crippen molar-refractivity contribution in [2.24, 2.45) is 0 Å². The van der Waals surface area contributed by atoms with Crippen LogP contribution in [0.3, 0.4) is 0 Å². The molecule has 5 nitrogen and oxygen atoms in total. The smallest absolute Gasteiger partial charge is 0.290 e. The average molecular weight is 169 g/mol. The maximum absolute atomic E-state index is 11.1. The molecule has 0 unspecified atom stereocenters. The molecule has 0 atom stereocenters. The lowest BCUT2D eigenvalue weighted by atomic mass is 10.5. The van der Waals surface area contributed by atoms with Crippen LogP contribution in [0.5, 0.6) is 0 Å². The van der Waals surface area contributed by atoms with Gasteiger partial charge in [-0.1, -0.05) is 0 Å². The van der Waals surface area contributed by atoms with Crippen LogP contribution < -0.4 is 10.5 Å². The van der Waals surface area contributed by atoms with E-state index in [1.807, 2.05) is 0 Å². The number of aromatic amines is 1. The van der Waals surface area contributed by atoms with Gasteiger partial charge in [-0.05, 0) is 0 Å². The van der Waals surface area contributed by atoms with Crippen LogP contribution in [0, 0.1) is 0 Å². The third-order valence-electron chi connectivity index (χ3n) is 1.49. The molecule has 1 aromatic heterocycles. The highest BCUT2D eigenvalue weighted by Gasteiger charge is 2.04. The second-order valence-electron chi connectivity index (χ2n) is 2.39. The van der Waals surface area contributed by atoms with Crippen LogP contribution in [0.25, 0.3) is 0 Å². The first-order valence-electron chi connectivity index (χ1n) is 3.61. The van der Waals surface area contributed by atoms with Gasteiger partial charge < -0.3 is 15.0 Å². The van der Waals surface area contributed by atoms with Crippen molar-refractivity contribution in [2.45, 2.75) is 0 Å². The van der Waals surface area contributed by atoms with Crippen molar-refractivity contribution in [3.05, 3.63) is 22.7 Å². The summed E-state index contributed by atoms with van der Waals surface area (Å²) in [7, 11) is 1.70. The first-order valence-corrected chi connectivity index (χ1v) is 3.61. The summed E-state index contributed by atoms with van der Waals surface area (Å²) >= 11 is 0. The Bertz CT molecular complexity index is 297. The van der Waals surface area contributed by atoms with Gasteiger partial charge in [0.2, 0.25) is 0 Å². The summed E-state index contributed by atoms with van der Waals surface area (Å²) in [6, 6.07) is 0. The molecule has 1 heterocycles. The van der Waals surface area contributed by atoms with Crippen LogP contribution in [0.2, 0.25) is 0 Å². The largest absolute Gasteiger partial charge is 0.395 e. The first kappa shape index (κ1) is 8.73. The number of anilines is 1. The SMILES string of the molecule is CN(CCO)c1ncc[nH]c1=O. The van der Waals surface area contributed by atoms with Gasteiger partial charge in [0, 0.05) is 26.0 Å². The van der Waals surface area contributed by atoms with E-state index in [9.17, 15) is 4.79 Å². The molecule has 0 bridgehead atoms. The minimum absolute atomic E-state index is 0.00646. The first-order chi connectivity index (χ1) is 5.75. The Morgan fingerprint density at radius 1 is 1.75 bits per heavy atom. The van der Waals surface area contributed by atoms with Crippen LogP contribution in [0.4, 0.5) is 5.82 Å². The van der Waals surface area contributed by atoms with Crippen LogP contribution in [0.1, 0.15) is 0 Å². The molecule has 0 radical (unpaired) electrons. The highest BCUT2D eigenvalue weighted by molar-refractivity contribution is 5.33. The van der Waals surface area contributed by atoms with E-state index >= 15 is 0 Å². The highest BCUT2D eigenvalue weighted by atomic mass is 16.3. The molecule has 0 saturated heterocycles. The second-order valence-corrected chi connectivity index (χ2v) is 2.39. The molecule has 0 aliphatic rings. The van der Waals surface area contributed by atoms with E-state index in [0.29, 0.717) is 12.4 Å². The Kier molecular flexibility index (Phi) is 2.82. The summed E-state index contributed by atoms with van der Waals surface area (Å²) in [6.07, 6.45) is 2.98. The number of nitrogens with zero attached hydrogens (tertiary/aromatic N) is 2. The number of rotatable bonds is 3. The zero-order chi connectivity index (χ0) is 8.97. The Labute approximate surface area is 69.7 Å². The maximum atomic E-state index is 11.1. The van der Waals surface area contributed by atoms with Crippen molar-refractivity contribution in [2.75, 3.05) is 25.1 Å². The minimum atomic E-state index is -0.242. The number of hydrogen-bond donors (Lipinski definition) is 2. The number of H-pyrrole nitrogens is 1. The van der Waals surface area contributed by atoms with E-state index in [4.69, 9.17) is 5.11 Å². The van der Waals surface area contributed by atoms with E-state index in [-0.39, 0.29) is 12.2 Å². The zero-order valence-electron chi connectivity index (χ0n) is 6.82. The normalized spacial score (nSPS) is 9.83. The average Bonchev–Trinajstić information content (AvgIpc) is 2.05. The van der Waals surface area contributed by atoms with Crippen molar-refractivity contribution in [1.29, 1.82) is 0 Å². The predicted molar refractivity (Wildman–Crippen MR) is 45.2 cm³/mol. The van der Waals surface area contributed by atoms with E-state index in [1.165, 1.54) is 12.4 Å². The molecule has 0 amide bonds. The molecule has 1 aromatic rings. The number of aliphatic hydroxyl groups is 1. The van der Waals surface area contributed by atoms with Crippen molar-refractivity contribution in [1.82, 2.24) is 9.97 Å². The molecule has 0 saturated carbocycles. The van der Waals surface area contributed by atoms with Gasteiger partial charge in [-0.2, -0.15) is 0 Å². The lowest BCUT2D eigenvalue weighted by Gasteiger charge is -2.14. The fourth-order valence-electron chi connectivity index (χ4n) is 0.872. The molecule has 0 spiro atoms. The molecule has 2 N–H and O–H groups in total. The molecule has 12 heavy (non-hydrogen) atoms. The van der Waals surface area contributed by atoms with Gasteiger partial charge >= 0.3 is 0 Å². The Morgan fingerprint density at radius 3 is 3.08 bits per heavy atom. The molecule has 1 rings (SSSR count). The lowest BCUT2D eigenvalue weighted by Crippen LogP contribution is -2.28. The number of likely N-dealkylation sites (N-methyl/N-ethyl adjacent to an activating group) is 1. The van der Waals surface area contributed by atoms with Gasteiger partial charge in [0.1, 0.15) is 0 Å². The quantitative estimate of drug-likeness (QED) is 0.621. The minimum Gasteiger partial charge on any atom is -0.395 e. The number of aliphatic hydroxyl groups excluding tert-OH is 1. The second kappa shape index (κ2) is 3.87. The monoisotopic (exact) mass is 169 g/mol. The molecule has 0 aliphatic heterocycles. The van der Waals surface area contributed by atoms with Crippen LogP contribution in [0.15, 0.2) is 17.2 Å². The Hall–Kier alpha value is -1.36. The summed E-state index contributed by atoms with van der Waals surface area (Å²) in [5.41, 5.74) is -0.242. The van der Waals surface area contributed by atoms with E-state index in [2.05, 4.69) is 9.97 Å². The number of hydrogen-bond acceptors (Lipinski definition) is 4. The van der Waals surface area contributed by atoms with E-state index < -0.39 is 0 Å². The Morgan fingerprint density at radius 2 is 2.50 bits per heavy atom. The maximum Gasteiger partial charge on any atom is 0.290 e. The summed E-state index contributed by atoms with van der Waals surface area (Å²) in [5.74, 6) is 0.326. The summed E-state index contributed by atoms with van der Waals surface area (Å²) in [6.45, 7) is 0.409. The molecule has 0 aromatic carbocycles. The summed E-state index contributed by atoms with van der Waals surface area (Å²) < 4.78 is 0. The number of aromatic nitrogens is 2. The topological polar surface area (TPSA) is 69.2 Å². The lowest BCUT2D eigenvalue weighted by molar-refractivity contribution is 0.303. The van der Waals surface area contributed by atoms with E-state index in [1.54, 1.807) is 11.9 Å². The van der Waals surface area contributed by atoms with E-state index in [0.717, 1.165) is 0 Å². The third-order valence-corrected chi connectivity index (χ3v) is 1.49. The van der Waals surface area contributed by atoms with Crippen molar-refractivity contribution >= 4 is 5.82 Å². The predicted octanol–water partition coefficient (Wildman–Crippen LogP) is -0.802. The summed E-state index contributed by atoms with van der Waals surface area (Å²) in [5, 5.41) is 8.61. The molecular weight excluding hydrogens is 158 g/mol. The standard InChI is InChI=1S/C7H11N3O2/c1-10(4-5-11)6-7(12)9-3-2-8-6/h2-3,11H,4-5H2,1H3,(H,9,12). The fourth-order valence-corrected chi connectivity index (χ4v) is 0.872. The van der Waals surface area contributed by atoms with Gasteiger partial charge in [0.25, 0.3) is 5.56 Å². The van der Waals surface area contributed by atoms with Crippen LogP contribution >= 0.6 is 0 Å². The molecular formula is C7H11N3O2. The molecule has 66 valence electrons. The van der Waals surface area contributed by atoms with Gasteiger partial charge in [0.15, 0.2) is 5.82 Å². The fraction of sp³-hybridized carbons (Fsp3) is 0.429. The van der Waals surface area contributed by atoms with Crippen LogP contribution in [-0.4, -0.2) is 35.3 Å². The van der Waals surface area contributed by atoms with Gasteiger partial charge in [-0.25, -0.2) is 4.98 Å². The van der Waals surface area contributed by atoms with Crippen molar-refractivity contribution < 1.29 is 5.11 Å². The summed E-state index contributed by atoms with van der Waals surface area (Å²) in [4.78, 5) is 19.1. The Balaban J connectivity index is 2.87. The van der Waals surface area contributed by atoms with Gasteiger partial charge in [0.05, 0.1) is 6.61 Å². The molecule has 5 heteroatoms. The van der Waals surface area contributed by atoms with Gasteiger partial charge in [-0.15, -0.1) is 0 Å².